The van der Waals surface area contributed by atoms with Crippen molar-refractivity contribution in [3.63, 3.8) is 0 Å². The summed E-state index contributed by atoms with van der Waals surface area (Å²) in [5.41, 5.74) is 8.62. The van der Waals surface area contributed by atoms with Crippen molar-refractivity contribution >= 4 is 31.8 Å². The molecule has 6 aromatic rings. The molecule has 0 unspecified atom stereocenters. The number of nitrogens with zero attached hydrogens (tertiary/aromatic N) is 6. The molecule has 4 aromatic carbocycles. The van der Waals surface area contributed by atoms with Crippen molar-refractivity contribution in [3.05, 3.63) is 120 Å². The number of nitrogens with one attached hydrogen (secondary N) is 2. The Morgan fingerprint density at radius 3 is 1.88 bits per heavy atom. The Balaban J connectivity index is 1.61. The van der Waals surface area contributed by atoms with Crippen LogP contribution in [0.3, 0.4) is 0 Å². The topological polar surface area (TPSA) is 243 Å². The monoisotopic (exact) mass is 857 g/mol. The zero-order chi connectivity index (χ0) is 43.0. The molecule has 5 N–H and O–H groups in total. The van der Waals surface area contributed by atoms with E-state index in [1.807, 2.05) is 0 Å². The van der Waals surface area contributed by atoms with Gasteiger partial charge in [-0.25, -0.2) is 26.4 Å². The quantitative estimate of drug-likeness (QED) is 0.0938. The number of tetrazole rings is 1. The third kappa shape index (κ3) is 10.1. The summed E-state index contributed by atoms with van der Waals surface area (Å²) in [5, 5.41) is 24.5. The van der Waals surface area contributed by atoms with Gasteiger partial charge < -0.3 is 30.4 Å². The predicted molar refractivity (Wildman–Crippen MR) is 221 cm³/mol. The number of rotatable bonds is 18. The number of methoxy groups -OCH3 is 3. The first-order chi connectivity index (χ1) is 28.7. The van der Waals surface area contributed by atoms with Gasteiger partial charge in [0.1, 0.15) is 27.0 Å². The lowest BCUT2D eigenvalue weighted by Gasteiger charge is -2.26. The highest BCUT2D eigenvalue weighted by Gasteiger charge is 2.38. The number of aromatic nitrogens is 5. The maximum absolute atomic E-state index is 15.7. The Bertz CT molecular complexity index is 2610. The van der Waals surface area contributed by atoms with Crippen LogP contribution in [-0.2, 0) is 39.7 Å². The Morgan fingerprint density at radius 1 is 0.817 bits per heavy atom. The van der Waals surface area contributed by atoms with Crippen molar-refractivity contribution in [1.82, 2.24) is 39.5 Å². The third-order valence-corrected chi connectivity index (χ3v) is 12.8. The average molecular weight is 858 g/mol. The standard InChI is InChI=1S/C40H43N9O9S2/c1-26(20-43-40(50)51)46-59(52,53)36-18-17-35(30-19-31(41)22-42-21-30)37(39-44-47-49(45-39)25-29-9-15-34(58-4)16-10-29)38(36)60(54,55)48(23-27-5-11-32(56-2)12-6-27)24-28-7-13-33(57-3)14-8-28/h5-19,21-22,26,43,46H,20,23-25,41H2,1-4H3,(H,50,51)/t26-/m1/s1. The van der Waals surface area contributed by atoms with Gasteiger partial charge in [-0.05, 0) is 82.9 Å². The first kappa shape index (κ1) is 43.0. The minimum Gasteiger partial charge on any atom is -0.497 e. The summed E-state index contributed by atoms with van der Waals surface area (Å²) < 4.78 is 80.0. The summed E-state index contributed by atoms with van der Waals surface area (Å²) in [7, 11) is -5.12. The van der Waals surface area contributed by atoms with Crippen LogP contribution < -0.4 is 30.0 Å². The smallest absolute Gasteiger partial charge is 0.404 e. The van der Waals surface area contributed by atoms with E-state index < -0.39 is 42.0 Å². The van der Waals surface area contributed by atoms with Crippen LogP contribution in [0.25, 0.3) is 22.5 Å². The second-order valence-electron chi connectivity index (χ2n) is 13.5. The van der Waals surface area contributed by atoms with Gasteiger partial charge in [0.05, 0.1) is 39.1 Å². The average Bonchev–Trinajstić information content (AvgIpc) is 3.70. The molecule has 0 radical (unpaired) electrons. The fourth-order valence-electron chi connectivity index (χ4n) is 6.24. The van der Waals surface area contributed by atoms with E-state index in [4.69, 9.17) is 19.9 Å². The van der Waals surface area contributed by atoms with Gasteiger partial charge in [0, 0.05) is 43.6 Å². The van der Waals surface area contributed by atoms with Crippen LogP contribution in [-0.4, -0.2) is 91.4 Å². The first-order valence-electron chi connectivity index (χ1n) is 18.2. The van der Waals surface area contributed by atoms with Gasteiger partial charge in [-0.15, -0.1) is 10.2 Å². The first-order valence-corrected chi connectivity index (χ1v) is 21.2. The van der Waals surface area contributed by atoms with E-state index in [-0.39, 0.29) is 48.8 Å². The maximum Gasteiger partial charge on any atom is 0.404 e. The molecule has 18 nitrogen and oxygen atoms in total. The number of amides is 1. The number of sulfonamides is 2. The summed E-state index contributed by atoms with van der Waals surface area (Å²) in [6.45, 7) is 0.791. The lowest BCUT2D eigenvalue weighted by atomic mass is 10.00. The van der Waals surface area contributed by atoms with Crippen molar-refractivity contribution in [1.29, 1.82) is 0 Å². The molecule has 0 aliphatic heterocycles. The lowest BCUT2D eigenvalue weighted by Crippen LogP contribution is -2.42. The van der Waals surface area contributed by atoms with Crippen molar-refractivity contribution in [2.24, 2.45) is 0 Å². The number of anilines is 1. The van der Waals surface area contributed by atoms with E-state index in [0.29, 0.717) is 33.9 Å². The summed E-state index contributed by atoms with van der Waals surface area (Å²) in [6.07, 6.45) is 1.49. The van der Waals surface area contributed by atoms with Gasteiger partial charge in [0.15, 0.2) is 0 Å². The Labute approximate surface area is 347 Å². The molecule has 2 aromatic heterocycles. The van der Waals surface area contributed by atoms with E-state index in [0.717, 1.165) is 15.9 Å². The number of benzene rings is 4. The van der Waals surface area contributed by atoms with E-state index in [1.165, 1.54) is 44.4 Å². The fourth-order valence-corrected chi connectivity index (χ4v) is 9.89. The second-order valence-corrected chi connectivity index (χ2v) is 17.0. The van der Waals surface area contributed by atoms with Crippen molar-refractivity contribution in [3.8, 4) is 39.8 Å². The molecule has 0 spiro atoms. The molecule has 0 aliphatic rings. The van der Waals surface area contributed by atoms with E-state index >= 15 is 8.42 Å². The Hall–Kier alpha value is -6.61. The van der Waals surface area contributed by atoms with Crippen LogP contribution in [0.2, 0.25) is 0 Å². The number of hydrogen-bond acceptors (Lipinski definition) is 13. The molecule has 1 amide bonds. The van der Waals surface area contributed by atoms with Crippen LogP contribution in [0.15, 0.2) is 113 Å². The highest BCUT2D eigenvalue weighted by atomic mass is 32.2. The van der Waals surface area contributed by atoms with Gasteiger partial charge in [0.25, 0.3) is 0 Å². The second kappa shape index (κ2) is 18.5. The molecular weight excluding hydrogens is 815 g/mol. The minimum absolute atomic E-state index is 0.114. The minimum atomic E-state index is -4.92. The molecule has 0 aliphatic carbocycles. The van der Waals surface area contributed by atoms with E-state index in [2.05, 4.69) is 30.4 Å². The molecule has 2 heterocycles. The maximum atomic E-state index is 15.7. The molecule has 6 rings (SSSR count). The summed E-state index contributed by atoms with van der Waals surface area (Å²) in [5.74, 6) is 1.51. The molecular formula is C40H43N9O9S2. The molecule has 60 heavy (non-hydrogen) atoms. The van der Waals surface area contributed by atoms with Crippen molar-refractivity contribution in [2.75, 3.05) is 33.6 Å². The fraction of sp³-hybridized carbons (Fsp3) is 0.225. The third-order valence-electron chi connectivity index (χ3n) is 9.19. The summed E-state index contributed by atoms with van der Waals surface area (Å²) in [4.78, 5) is 15.4. The zero-order valence-corrected chi connectivity index (χ0v) is 34.6. The molecule has 314 valence electrons. The zero-order valence-electron chi connectivity index (χ0n) is 33.0. The Morgan fingerprint density at radius 2 is 1.37 bits per heavy atom. The SMILES string of the molecule is COc1ccc(CN(Cc2ccc(OC)cc2)S(=O)(=O)c2c(S(=O)(=O)N[C@H](C)CNC(=O)O)ccc(-c3cncc(N)c3)c2-c2nnn(Cc3ccc(OC)cc3)n2)cc1. The highest BCUT2D eigenvalue weighted by Crippen LogP contribution is 2.41. The highest BCUT2D eigenvalue weighted by molar-refractivity contribution is 7.92. The number of carboxylic acid groups (broad SMARTS) is 1. The van der Waals surface area contributed by atoms with Gasteiger partial charge in [-0.3, -0.25) is 4.98 Å². The number of hydrogen-bond donors (Lipinski definition) is 4. The molecule has 0 saturated carbocycles. The van der Waals surface area contributed by atoms with E-state index in [9.17, 15) is 18.3 Å². The molecule has 0 fully saturated rings. The summed E-state index contributed by atoms with van der Waals surface area (Å²) in [6, 6.07) is 23.8. The largest absolute Gasteiger partial charge is 0.497 e. The van der Waals surface area contributed by atoms with Crippen LogP contribution >= 0.6 is 0 Å². The number of nitrogens with two attached hydrogens (primary N) is 1. The van der Waals surface area contributed by atoms with Gasteiger partial charge in [-0.1, -0.05) is 42.5 Å². The van der Waals surface area contributed by atoms with Gasteiger partial charge in [-0.2, -0.15) is 9.10 Å². The number of ether oxygens (including phenoxy) is 3. The van der Waals surface area contributed by atoms with E-state index in [1.54, 1.807) is 86.0 Å². The van der Waals surface area contributed by atoms with Crippen LogP contribution in [0.1, 0.15) is 23.6 Å². The normalized spacial score (nSPS) is 12.2. The van der Waals surface area contributed by atoms with Gasteiger partial charge >= 0.3 is 6.09 Å². The lowest BCUT2D eigenvalue weighted by molar-refractivity contribution is 0.193. The number of nitrogen functional groups attached to an aromatic ring is 1. The van der Waals surface area contributed by atoms with Gasteiger partial charge in [0.2, 0.25) is 25.9 Å². The molecule has 0 saturated heterocycles. The Kier molecular flexibility index (Phi) is 13.3. The van der Waals surface area contributed by atoms with Crippen LogP contribution in [0.4, 0.5) is 10.5 Å². The number of carbonyl (C=O) groups is 1. The number of pyridine rings is 1. The molecule has 1 atom stereocenters. The van der Waals surface area contributed by atoms with Crippen molar-refractivity contribution < 1.29 is 40.9 Å². The molecule has 0 bridgehead atoms. The van der Waals surface area contributed by atoms with Crippen LogP contribution in [0, 0.1) is 0 Å². The molecule has 20 heteroatoms. The van der Waals surface area contributed by atoms with Crippen molar-refractivity contribution in [2.45, 2.75) is 42.4 Å². The van der Waals surface area contributed by atoms with Crippen LogP contribution in [0.5, 0.6) is 17.2 Å². The predicted octanol–water partition coefficient (Wildman–Crippen LogP) is 4.38. The summed E-state index contributed by atoms with van der Waals surface area (Å²) >= 11 is 0.